The van der Waals surface area contributed by atoms with Gasteiger partial charge < -0.3 is 19.9 Å². The summed E-state index contributed by atoms with van der Waals surface area (Å²) in [5.74, 6) is -1.49. The fourth-order valence-corrected chi connectivity index (χ4v) is 1.76. The highest BCUT2D eigenvalue weighted by atomic mass is 16.5. The second kappa shape index (κ2) is 9.90. The minimum atomic E-state index is -1.05. The van der Waals surface area contributed by atoms with E-state index in [-0.39, 0.29) is 6.61 Å². The summed E-state index contributed by atoms with van der Waals surface area (Å²) in [5, 5.41) is 11.5. The Bertz CT molecular complexity index is 435. The molecule has 1 aromatic carbocycles. The number of carboxylic acid groups (broad SMARTS) is 1. The predicted octanol–water partition coefficient (Wildman–Crippen LogP) is 1.20. The van der Waals surface area contributed by atoms with E-state index in [1.807, 2.05) is 30.3 Å². The molecule has 0 spiro atoms. The van der Waals surface area contributed by atoms with Gasteiger partial charge in [-0.3, -0.25) is 4.79 Å². The van der Waals surface area contributed by atoms with Crippen LogP contribution < -0.4 is 5.32 Å². The number of rotatable bonds is 10. The molecule has 0 bridgehead atoms. The highest BCUT2D eigenvalue weighted by Gasteiger charge is 2.19. The van der Waals surface area contributed by atoms with Gasteiger partial charge in [-0.25, -0.2) is 4.79 Å². The largest absolute Gasteiger partial charge is 0.480 e. The van der Waals surface area contributed by atoms with Gasteiger partial charge in [-0.05, 0) is 18.4 Å². The van der Waals surface area contributed by atoms with Crippen molar-refractivity contribution in [2.75, 3.05) is 20.3 Å². The Morgan fingerprint density at radius 1 is 1.29 bits per heavy atom. The number of carbonyl (C=O) groups excluding carboxylic acids is 1. The smallest absolute Gasteiger partial charge is 0.326 e. The molecule has 0 aliphatic rings. The lowest BCUT2D eigenvalue weighted by molar-refractivity contribution is -0.142. The summed E-state index contributed by atoms with van der Waals surface area (Å²) in [6.07, 6.45) is 0.895. The predicted molar refractivity (Wildman–Crippen MR) is 76.8 cm³/mol. The van der Waals surface area contributed by atoms with E-state index >= 15 is 0 Å². The summed E-state index contributed by atoms with van der Waals surface area (Å²) in [7, 11) is 1.55. The Morgan fingerprint density at radius 3 is 2.62 bits per heavy atom. The SMILES string of the molecule is COCCCC(NC(=O)COCc1ccccc1)C(=O)O. The van der Waals surface area contributed by atoms with Crippen molar-refractivity contribution in [1.82, 2.24) is 5.32 Å². The van der Waals surface area contributed by atoms with Crippen molar-refractivity contribution in [1.29, 1.82) is 0 Å². The van der Waals surface area contributed by atoms with Crippen LogP contribution in [0.2, 0.25) is 0 Å². The molecule has 1 rings (SSSR count). The molecular weight excluding hydrogens is 274 g/mol. The standard InChI is InChI=1S/C15H21NO5/c1-20-9-5-8-13(15(18)19)16-14(17)11-21-10-12-6-3-2-4-7-12/h2-4,6-7,13H,5,8-11H2,1H3,(H,16,17)(H,18,19). The molecule has 0 fully saturated rings. The molecule has 1 amide bonds. The van der Waals surface area contributed by atoms with Crippen LogP contribution in [0.25, 0.3) is 0 Å². The monoisotopic (exact) mass is 295 g/mol. The van der Waals surface area contributed by atoms with Crippen LogP contribution in [-0.2, 0) is 25.7 Å². The van der Waals surface area contributed by atoms with Crippen molar-refractivity contribution in [3.8, 4) is 0 Å². The Kier molecular flexibility index (Phi) is 8.08. The van der Waals surface area contributed by atoms with Crippen molar-refractivity contribution in [3.63, 3.8) is 0 Å². The number of amides is 1. The number of ether oxygens (including phenoxy) is 2. The molecule has 0 saturated heterocycles. The van der Waals surface area contributed by atoms with Crippen molar-refractivity contribution in [2.24, 2.45) is 0 Å². The van der Waals surface area contributed by atoms with Crippen molar-refractivity contribution >= 4 is 11.9 Å². The normalized spacial score (nSPS) is 11.9. The molecule has 0 radical (unpaired) electrons. The fraction of sp³-hybridized carbons (Fsp3) is 0.467. The van der Waals surface area contributed by atoms with E-state index in [1.165, 1.54) is 0 Å². The zero-order chi connectivity index (χ0) is 15.5. The Labute approximate surface area is 124 Å². The minimum absolute atomic E-state index is 0.164. The summed E-state index contributed by atoms with van der Waals surface area (Å²) in [6.45, 7) is 0.614. The Hall–Kier alpha value is -1.92. The van der Waals surface area contributed by atoms with Crippen molar-refractivity contribution < 1.29 is 24.2 Å². The average molecular weight is 295 g/mol. The molecule has 0 aliphatic carbocycles. The van der Waals surface area contributed by atoms with Gasteiger partial charge in [-0.1, -0.05) is 30.3 Å². The number of benzene rings is 1. The highest BCUT2D eigenvalue weighted by molar-refractivity contribution is 5.84. The van der Waals surface area contributed by atoms with Gasteiger partial charge in [0.15, 0.2) is 0 Å². The van der Waals surface area contributed by atoms with Gasteiger partial charge in [0, 0.05) is 13.7 Å². The van der Waals surface area contributed by atoms with Gasteiger partial charge >= 0.3 is 5.97 Å². The van der Waals surface area contributed by atoms with E-state index in [9.17, 15) is 9.59 Å². The summed E-state index contributed by atoms with van der Waals surface area (Å²) in [6, 6.07) is 8.54. The van der Waals surface area contributed by atoms with Gasteiger partial charge in [-0.2, -0.15) is 0 Å². The first kappa shape index (κ1) is 17.1. The first-order valence-corrected chi connectivity index (χ1v) is 6.76. The lowest BCUT2D eigenvalue weighted by Gasteiger charge is -2.14. The van der Waals surface area contributed by atoms with Crippen LogP contribution in [0.1, 0.15) is 18.4 Å². The number of hydrogen-bond donors (Lipinski definition) is 2. The molecule has 0 saturated carbocycles. The molecular formula is C15H21NO5. The third-order valence-corrected chi connectivity index (χ3v) is 2.82. The second-order valence-electron chi connectivity index (χ2n) is 4.57. The van der Waals surface area contributed by atoms with E-state index < -0.39 is 17.9 Å². The molecule has 0 aromatic heterocycles. The minimum Gasteiger partial charge on any atom is -0.480 e. The third kappa shape index (κ3) is 7.43. The first-order valence-electron chi connectivity index (χ1n) is 6.76. The van der Waals surface area contributed by atoms with Crippen LogP contribution in [0.15, 0.2) is 30.3 Å². The maximum atomic E-state index is 11.7. The van der Waals surface area contributed by atoms with Gasteiger partial charge in [0.2, 0.25) is 5.91 Å². The molecule has 1 atom stereocenters. The number of nitrogens with one attached hydrogen (secondary N) is 1. The average Bonchev–Trinajstić information content (AvgIpc) is 2.47. The summed E-state index contributed by atoms with van der Waals surface area (Å²) < 4.78 is 10.1. The third-order valence-electron chi connectivity index (χ3n) is 2.82. The van der Waals surface area contributed by atoms with Gasteiger partial charge in [0.05, 0.1) is 6.61 Å². The van der Waals surface area contributed by atoms with E-state index in [2.05, 4.69) is 5.32 Å². The molecule has 1 aromatic rings. The quantitative estimate of drug-likeness (QED) is 0.634. The molecule has 21 heavy (non-hydrogen) atoms. The van der Waals surface area contributed by atoms with Crippen LogP contribution >= 0.6 is 0 Å². The second-order valence-corrected chi connectivity index (χ2v) is 4.57. The van der Waals surface area contributed by atoms with Gasteiger partial charge in [-0.15, -0.1) is 0 Å². The van der Waals surface area contributed by atoms with E-state index in [1.54, 1.807) is 7.11 Å². The number of aliphatic carboxylic acids is 1. The number of methoxy groups -OCH3 is 1. The van der Waals surface area contributed by atoms with Crippen LogP contribution in [0.3, 0.4) is 0 Å². The zero-order valence-electron chi connectivity index (χ0n) is 12.1. The maximum Gasteiger partial charge on any atom is 0.326 e. The van der Waals surface area contributed by atoms with Crippen molar-refractivity contribution in [2.45, 2.75) is 25.5 Å². The highest BCUT2D eigenvalue weighted by Crippen LogP contribution is 2.01. The topological polar surface area (TPSA) is 84.9 Å². The van der Waals surface area contributed by atoms with Crippen LogP contribution in [-0.4, -0.2) is 43.3 Å². The van der Waals surface area contributed by atoms with E-state index in [0.717, 1.165) is 5.56 Å². The molecule has 6 nitrogen and oxygen atoms in total. The molecule has 6 heteroatoms. The summed E-state index contributed by atoms with van der Waals surface area (Å²) in [5.41, 5.74) is 0.958. The summed E-state index contributed by atoms with van der Waals surface area (Å²) in [4.78, 5) is 22.7. The summed E-state index contributed by atoms with van der Waals surface area (Å²) >= 11 is 0. The van der Waals surface area contributed by atoms with Crippen LogP contribution in [0.4, 0.5) is 0 Å². The number of carboxylic acids is 1. The number of carbonyl (C=O) groups is 2. The van der Waals surface area contributed by atoms with E-state index in [4.69, 9.17) is 14.6 Å². The van der Waals surface area contributed by atoms with Crippen LogP contribution in [0.5, 0.6) is 0 Å². The molecule has 116 valence electrons. The zero-order valence-corrected chi connectivity index (χ0v) is 12.1. The Balaban J connectivity index is 2.28. The number of hydrogen-bond acceptors (Lipinski definition) is 4. The molecule has 2 N–H and O–H groups in total. The van der Waals surface area contributed by atoms with Gasteiger partial charge in [0.1, 0.15) is 12.6 Å². The molecule has 0 aliphatic heterocycles. The maximum absolute atomic E-state index is 11.7. The first-order chi connectivity index (χ1) is 10.1. The van der Waals surface area contributed by atoms with Gasteiger partial charge in [0.25, 0.3) is 0 Å². The van der Waals surface area contributed by atoms with E-state index in [0.29, 0.717) is 26.1 Å². The van der Waals surface area contributed by atoms with Crippen molar-refractivity contribution in [3.05, 3.63) is 35.9 Å². The molecule has 1 unspecified atom stereocenters. The fourth-order valence-electron chi connectivity index (χ4n) is 1.76. The lowest BCUT2D eigenvalue weighted by atomic mass is 10.1. The Morgan fingerprint density at radius 2 is 2.00 bits per heavy atom. The lowest BCUT2D eigenvalue weighted by Crippen LogP contribution is -2.42. The molecule has 0 heterocycles. The van der Waals surface area contributed by atoms with Crippen LogP contribution in [0, 0.1) is 0 Å².